The lowest BCUT2D eigenvalue weighted by atomic mass is 10.2. The molecule has 6 nitrogen and oxygen atoms in total. The summed E-state index contributed by atoms with van der Waals surface area (Å²) < 4.78 is 10.5. The molecule has 26 heavy (non-hydrogen) atoms. The Balaban J connectivity index is 1.49. The van der Waals surface area contributed by atoms with Gasteiger partial charge in [-0.2, -0.15) is 0 Å². The number of rotatable bonds is 6. The van der Waals surface area contributed by atoms with Crippen molar-refractivity contribution >= 4 is 17.5 Å². The van der Waals surface area contributed by atoms with Gasteiger partial charge in [-0.05, 0) is 61.4 Å². The van der Waals surface area contributed by atoms with E-state index >= 15 is 0 Å². The van der Waals surface area contributed by atoms with E-state index in [4.69, 9.17) is 9.47 Å². The van der Waals surface area contributed by atoms with Crippen LogP contribution >= 0.6 is 0 Å². The summed E-state index contributed by atoms with van der Waals surface area (Å²) in [5, 5.41) is 2.76. The maximum absolute atomic E-state index is 12.3. The number of benzene rings is 2. The van der Waals surface area contributed by atoms with E-state index in [9.17, 15) is 9.59 Å². The van der Waals surface area contributed by atoms with E-state index in [1.807, 2.05) is 4.90 Å². The molecule has 2 aromatic carbocycles. The van der Waals surface area contributed by atoms with E-state index in [1.165, 1.54) is 0 Å². The van der Waals surface area contributed by atoms with Crippen molar-refractivity contribution in [1.82, 2.24) is 4.90 Å². The minimum atomic E-state index is -0.264. The average molecular weight is 354 g/mol. The van der Waals surface area contributed by atoms with Gasteiger partial charge in [0.15, 0.2) is 6.61 Å². The van der Waals surface area contributed by atoms with Crippen LogP contribution in [0.15, 0.2) is 48.5 Å². The Morgan fingerprint density at radius 1 is 0.962 bits per heavy atom. The molecule has 1 saturated heterocycles. The first-order valence-corrected chi connectivity index (χ1v) is 8.62. The second-order valence-corrected chi connectivity index (χ2v) is 6.09. The summed E-state index contributed by atoms with van der Waals surface area (Å²) in [4.78, 5) is 26.2. The Bertz CT molecular complexity index is 750. The molecule has 1 aliphatic heterocycles. The highest BCUT2D eigenvalue weighted by molar-refractivity contribution is 5.96. The molecule has 0 aliphatic carbocycles. The molecule has 3 rings (SSSR count). The fraction of sp³-hybridized carbons (Fsp3) is 0.300. The normalized spacial score (nSPS) is 13.3. The number of carbonyl (C=O) groups excluding carboxylic acids is 2. The lowest BCUT2D eigenvalue weighted by molar-refractivity contribution is -0.118. The van der Waals surface area contributed by atoms with Crippen molar-refractivity contribution in [3.8, 4) is 11.5 Å². The number of hydrogen-bond acceptors (Lipinski definition) is 4. The highest BCUT2D eigenvalue weighted by atomic mass is 16.5. The number of methoxy groups -OCH3 is 1. The standard InChI is InChI=1S/C20H22N2O4/c1-25-17-8-10-18(11-9-17)26-14-19(23)21-16-6-4-15(5-7-16)20(24)22-12-2-3-13-22/h4-11H,2-3,12-14H2,1H3,(H,21,23). The van der Waals surface area contributed by atoms with E-state index in [0.717, 1.165) is 31.7 Å². The minimum absolute atomic E-state index is 0.0446. The summed E-state index contributed by atoms with van der Waals surface area (Å²) in [5.41, 5.74) is 1.27. The van der Waals surface area contributed by atoms with Crippen molar-refractivity contribution in [3.63, 3.8) is 0 Å². The number of anilines is 1. The van der Waals surface area contributed by atoms with E-state index in [1.54, 1.807) is 55.6 Å². The summed E-state index contributed by atoms with van der Waals surface area (Å²) in [6.45, 7) is 1.54. The summed E-state index contributed by atoms with van der Waals surface area (Å²) in [6.07, 6.45) is 2.13. The van der Waals surface area contributed by atoms with Crippen LogP contribution in [-0.2, 0) is 4.79 Å². The smallest absolute Gasteiger partial charge is 0.262 e. The van der Waals surface area contributed by atoms with E-state index < -0.39 is 0 Å². The molecular formula is C20H22N2O4. The first-order chi connectivity index (χ1) is 12.7. The highest BCUT2D eigenvalue weighted by Gasteiger charge is 2.19. The van der Waals surface area contributed by atoms with Gasteiger partial charge in [0.2, 0.25) is 0 Å². The van der Waals surface area contributed by atoms with Gasteiger partial charge in [-0.25, -0.2) is 0 Å². The molecule has 0 atom stereocenters. The Morgan fingerprint density at radius 2 is 1.58 bits per heavy atom. The number of likely N-dealkylation sites (tertiary alicyclic amines) is 1. The zero-order valence-electron chi connectivity index (χ0n) is 14.7. The van der Waals surface area contributed by atoms with Crippen LogP contribution in [0.1, 0.15) is 23.2 Å². The number of nitrogens with one attached hydrogen (secondary N) is 1. The van der Waals surface area contributed by atoms with Gasteiger partial charge >= 0.3 is 0 Å². The number of nitrogens with zero attached hydrogens (tertiary/aromatic N) is 1. The zero-order chi connectivity index (χ0) is 18.4. The van der Waals surface area contributed by atoms with Crippen molar-refractivity contribution in [2.75, 3.05) is 32.1 Å². The quantitative estimate of drug-likeness (QED) is 0.866. The van der Waals surface area contributed by atoms with Gasteiger partial charge in [0, 0.05) is 24.3 Å². The van der Waals surface area contributed by atoms with Crippen molar-refractivity contribution in [2.45, 2.75) is 12.8 Å². The molecule has 1 heterocycles. The fourth-order valence-corrected chi connectivity index (χ4v) is 2.82. The van der Waals surface area contributed by atoms with Crippen molar-refractivity contribution in [3.05, 3.63) is 54.1 Å². The van der Waals surface area contributed by atoms with Crippen LogP contribution < -0.4 is 14.8 Å². The number of hydrogen-bond donors (Lipinski definition) is 1. The third kappa shape index (κ3) is 4.53. The molecular weight excluding hydrogens is 332 g/mol. The van der Waals surface area contributed by atoms with Crippen LogP contribution in [0.5, 0.6) is 11.5 Å². The summed E-state index contributed by atoms with van der Waals surface area (Å²) in [6, 6.07) is 14.0. The fourth-order valence-electron chi connectivity index (χ4n) is 2.82. The monoisotopic (exact) mass is 354 g/mol. The maximum Gasteiger partial charge on any atom is 0.262 e. The Hall–Kier alpha value is -3.02. The van der Waals surface area contributed by atoms with E-state index in [-0.39, 0.29) is 18.4 Å². The summed E-state index contributed by atoms with van der Waals surface area (Å²) in [5.74, 6) is 1.10. The molecule has 0 bridgehead atoms. The van der Waals surface area contributed by atoms with Gasteiger partial charge in [-0.1, -0.05) is 0 Å². The first-order valence-electron chi connectivity index (χ1n) is 8.62. The van der Waals surface area contributed by atoms with Gasteiger partial charge in [0.05, 0.1) is 7.11 Å². The Labute approximate surface area is 152 Å². The predicted octanol–water partition coefficient (Wildman–Crippen LogP) is 2.95. The largest absolute Gasteiger partial charge is 0.497 e. The van der Waals surface area contributed by atoms with Crippen LogP contribution in [0.3, 0.4) is 0 Å². The topological polar surface area (TPSA) is 67.9 Å². The predicted molar refractivity (Wildman–Crippen MR) is 98.7 cm³/mol. The van der Waals surface area contributed by atoms with Crippen molar-refractivity contribution in [2.24, 2.45) is 0 Å². The molecule has 6 heteroatoms. The van der Waals surface area contributed by atoms with Crippen LogP contribution in [0.4, 0.5) is 5.69 Å². The van der Waals surface area contributed by atoms with Crippen LogP contribution in [0.25, 0.3) is 0 Å². The number of carbonyl (C=O) groups is 2. The third-order valence-corrected chi connectivity index (χ3v) is 4.24. The van der Waals surface area contributed by atoms with E-state index in [2.05, 4.69) is 5.32 Å². The molecule has 0 spiro atoms. The molecule has 2 aromatic rings. The molecule has 0 unspecified atom stereocenters. The van der Waals surface area contributed by atoms with E-state index in [0.29, 0.717) is 17.0 Å². The van der Waals surface area contributed by atoms with Gasteiger partial charge < -0.3 is 19.7 Å². The van der Waals surface area contributed by atoms with Gasteiger partial charge in [-0.15, -0.1) is 0 Å². The lowest BCUT2D eigenvalue weighted by Gasteiger charge is -2.15. The molecule has 1 aliphatic rings. The maximum atomic E-state index is 12.3. The van der Waals surface area contributed by atoms with Crippen LogP contribution in [0.2, 0.25) is 0 Å². The van der Waals surface area contributed by atoms with Gasteiger partial charge in [0.1, 0.15) is 11.5 Å². The molecule has 136 valence electrons. The lowest BCUT2D eigenvalue weighted by Crippen LogP contribution is -2.27. The third-order valence-electron chi connectivity index (χ3n) is 4.24. The van der Waals surface area contributed by atoms with Gasteiger partial charge in [0.25, 0.3) is 11.8 Å². The second kappa shape index (κ2) is 8.38. The minimum Gasteiger partial charge on any atom is -0.497 e. The summed E-state index contributed by atoms with van der Waals surface area (Å²) in [7, 11) is 1.59. The average Bonchev–Trinajstić information content (AvgIpc) is 3.21. The van der Waals surface area contributed by atoms with Crippen molar-refractivity contribution < 1.29 is 19.1 Å². The Kier molecular flexibility index (Phi) is 5.73. The van der Waals surface area contributed by atoms with Crippen molar-refractivity contribution in [1.29, 1.82) is 0 Å². The zero-order valence-corrected chi connectivity index (χ0v) is 14.7. The molecule has 1 N–H and O–H groups in total. The molecule has 0 radical (unpaired) electrons. The highest BCUT2D eigenvalue weighted by Crippen LogP contribution is 2.18. The van der Waals surface area contributed by atoms with Crippen LogP contribution in [-0.4, -0.2) is 43.5 Å². The first kappa shape index (κ1) is 17.8. The molecule has 1 fully saturated rings. The number of amides is 2. The van der Waals surface area contributed by atoms with Crippen LogP contribution in [0, 0.1) is 0 Å². The summed E-state index contributed by atoms with van der Waals surface area (Å²) >= 11 is 0. The molecule has 2 amide bonds. The Morgan fingerprint density at radius 3 is 2.19 bits per heavy atom. The second-order valence-electron chi connectivity index (χ2n) is 6.09. The SMILES string of the molecule is COc1ccc(OCC(=O)Nc2ccc(C(=O)N3CCCC3)cc2)cc1. The molecule has 0 aromatic heterocycles. The molecule has 0 saturated carbocycles. The number of ether oxygens (including phenoxy) is 2. The van der Waals surface area contributed by atoms with Gasteiger partial charge in [-0.3, -0.25) is 9.59 Å².